The number of nitrogens with one attached hydrogen (secondary N) is 1. The van der Waals surface area contributed by atoms with Gasteiger partial charge in [0, 0.05) is 49.2 Å². The number of aromatic nitrogens is 4. The molecule has 1 unspecified atom stereocenters. The molecule has 8 heteroatoms. The van der Waals surface area contributed by atoms with Crippen LogP contribution in [-0.4, -0.2) is 63.8 Å². The predicted octanol–water partition coefficient (Wildman–Crippen LogP) is 4.61. The van der Waals surface area contributed by atoms with E-state index in [1.165, 1.54) is 0 Å². The van der Waals surface area contributed by atoms with E-state index < -0.39 is 0 Å². The van der Waals surface area contributed by atoms with Gasteiger partial charge in [0.05, 0.1) is 29.5 Å². The fourth-order valence-electron chi connectivity index (χ4n) is 5.35. The highest BCUT2D eigenvalue weighted by molar-refractivity contribution is 6.00. The van der Waals surface area contributed by atoms with Gasteiger partial charge in [-0.2, -0.15) is 5.10 Å². The van der Waals surface area contributed by atoms with Gasteiger partial charge in [0.15, 0.2) is 5.69 Å². The van der Waals surface area contributed by atoms with E-state index in [9.17, 15) is 0 Å². The molecule has 5 aromatic rings. The van der Waals surface area contributed by atoms with Crippen molar-refractivity contribution in [1.29, 1.82) is 0 Å². The van der Waals surface area contributed by atoms with Crippen molar-refractivity contribution < 1.29 is 4.74 Å². The topological polar surface area (TPSA) is 66.0 Å². The summed E-state index contributed by atoms with van der Waals surface area (Å²) in [5.41, 5.74) is 7.15. The first-order valence-electron chi connectivity index (χ1n) is 11.7. The molecule has 0 spiro atoms. The van der Waals surface area contributed by atoms with E-state index in [4.69, 9.17) is 11.3 Å². The van der Waals surface area contributed by atoms with E-state index in [-0.39, 0.29) is 0 Å². The molecule has 1 N–H and O–H groups in total. The Morgan fingerprint density at radius 3 is 2.94 bits per heavy atom. The number of anilines is 1. The molecule has 3 aromatic heterocycles. The number of nitrogens with zero attached hydrogens (tertiary/aromatic N) is 6. The van der Waals surface area contributed by atoms with E-state index in [1.54, 1.807) is 6.20 Å². The number of rotatable bonds is 2. The molecule has 1 fully saturated rings. The second kappa shape index (κ2) is 7.58. The van der Waals surface area contributed by atoms with Crippen molar-refractivity contribution in [1.82, 2.24) is 24.5 Å². The van der Waals surface area contributed by atoms with Crippen LogP contribution in [0.5, 0.6) is 5.75 Å². The van der Waals surface area contributed by atoms with Crippen LogP contribution in [0.2, 0.25) is 0 Å². The van der Waals surface area contributed by atoms with Crippen molar-refractivity contribution in [3.8, 4) is 28.1 Å². The molecule has 35 heavy (non-hydrogen) atoms. The normalized spacial score (nSPS) is 17.7. The van der Waals surface area contributed by atoms with Crippen molar-refractivity contribution in [2.75, 3.05) is 38.2 Å². The molecule has 1 saturated heterocycles. The monoisotopic (exact) mass is 461 g/mol. The number of aromatic amines is 1. The number of imidazole rings is 1. The Bertz CT molecular complexity index is 1640. The van der Waals surface area contributed by atoms with E-state index in [1.807, 2.05) is 35.0 Å². The lowest BCUT2D eigenvalue weighted by Crippen LogP contribution is -2.56. The second-order valence-corrected chi connectivity index (χ2v) is 9.31. The SMILES string of the molecule is [C-]#[N+]c1cc2[nH]nc(-c3ccc4c(c3)OCC3CN(C)CCN43)c2cc1-c1ccc2nccn2c1. The Kier molecular flexibility index (Phi) is 4.35. The molecular weight excluding hydrogens is 438 g/mol. The number of likely N-dealkylation sites (N-methyl/N-ethyl adjacent to an activating group) is 1. The van der Waals surface area contributed by atoms with Gasteiger partial charge in [-0.25, -0.2) is 9.83 Å². The smallest absolute Gasteiger partial charge is 0.197 e. The van der Waals surface area contributed by atoms with E-state index in [0.717, 1.165) is 70.0 Å². The summed E-state index contributed by atoms with van der Waals surface area (Å²) in [6, 6.07) is 14.7. The Hall–Kier alpha value is -4.35. The molecule has 2 aromatic carbocycles. The van der Waals surface area contributed by atoms with Gasteiger partial charge in [-0.15, -0.1) is 0 Å². The van der Waals surface area contributed by atoms with Crippen LogP contribution in [0.25, 0.3) is 43.8 Å². The summed E-state index contributed by atoms with van der Waals surface area (Å²) < 4.78 is 8.17. The molecule has 0 bridgehead atoms. The highest BCUT2D eigenvalue weighted by Crippen LogP contribution is 2.41. The zero-order valence-corrected chi connectivity index (χ0v) is 19.3. The molecule has 0 radical (unpaired) electrons. The maximum Gasteiger partial charge on any atom is 0.197 e. The molecule has 1 atom stereocenters. The molecule has 2 aliphatic heterocycles. The highest BCUT2D eigenvalue weighted by Gasteiger charge is 2.32. The van der Waals surface area contributed by atoms with Crippen molar-refractivity contribution >= 4 is 27.9 Å². The van der Waals surface area contributed by atoms with E-state index >= 15 is 0 Å². The van der Waals surface area contributed by atoms with Crippen molar-refractivity contribution in [2.45, 2.75) is 6.04 Å². The number of pyridine rings is 1. The number of H-pyrrole nitrogens is 1. The van der Waals surface area contributed by atoms with Gasteiger partial charge in [0.2, 0.25) is 0 Å². The third kappa shape index (κ3) is 3.16. The number of piperazine rings is 1. The minimum absolute atomic E-state index is 0.390. The largest absolute Gasteiger partial charge is 0.489 e. The molecule has 7 rings (SSSR count). The average Bonchev–Trinajstić information content (AvgIpc) is 3.53. The van der Waals surface area contributed by atoms with Crippen LogP contribution in [0.1, 0.15) is 0 Å². The van der Waals surface area contributed by atoms with Gasteiger partial charge in [0.25, 0.3) is 0 Å². The highest BCUT2D eigenvalue weighted by atomic mass is 16.5. The first kappa shape index (κ1) is 20.1. The summed E-state index contributed by atoms with van der Waals surface area (Å²) >= 11 is 0. The Labute approximate surface area is 202 Å². The van der Waals surface area contributed by atoms with Crippen LogP contribution in [0.3, 0.4) is 0 Å². The van der Waals surface area contributed by atoms with Crippen molar-refractivity contribution in [3.63, 3.8) is 0 Å². The second-order valence-electron chi connectivity index (χ2n) is 9.31. The number of hydrogen-bond acceptors (Lipinski definition) is 5. The summed E-state index contributed by atoms with van der Waals surface area (Å²) in [4.78, 5) is 13.0. The van der Waals surface area contributed by atoms with Gasteiger partial charge in [-0.05, 0) is 42.4 Å². The van der Waals surface area contributed by atoms with E-state index in [0.29, 0.717) is 18.3 Å². The van der Waals surface area contributed by atoms with Crippen molar-refractivity contribution in [2.24, 2.45) is 0 Å². The number of fused-ring (bicyclic) bond motifs is 5. The van der Waals surface area contributed by atoms with Gasteiger partial charge in [0.1, 0.15) is 18.0 Å². The van der Waals surface area contributed by atoms with Crippen LogP contribution >= 0.6 is 0 Å². The molecule has 172 valence electrons. The molecule has 2 aliphatic rings. The van der Waals surface area contributed by atoms with Crippen LogP contribution in [-0.2, 0) is 0 Å². The molecular formula is C27H23N7O. The van der Waals surface area contributed by atoms with Crippen LogP contribution < -0.4 is 9.64 Å². The molecule has 0 amide bonds. The fourth-order valence-corrected chi connectivity index (χ4v) is 5.35. The summed E-state index contributed by atoms with van der Waals surface area (Å²) in [7, 11) is 2.17. The van der Waals surface area contributed by atoms with E-state index in [2.05, 4.69) is 61.1 Å². The van der Waals surface area contributed by atoms with Crippen LogP contribution in [0.15, 0.2) is 61.1 Å². The molecule has 0 saturated carbocycles. The standard InChI is InChI=1S/C27H23N7O/c1-28-22-13-23-21(12-20(22)18-4-6-26-29-7-8-33(26)14-18)27(31-30-23)17-3-5-24-25(11-17)35-16-19-15-32(2)9-10-34(19)24/h3-8,11-14,19H,9-10,15-16H2,2H3,(H,30,31). The third-order valence-electron chi connectivity index (χ3n) is 7.16. The third-order valence-corrected chi connectivity index (χ3v) is 7.16. The maximum atomic E-state index is 7.75. The van der Waals surface area contributed by atoms with Gasteiger partial charge >= 0.3 is 0 Å². The Morgan fingerprint density at radius 2 is 2.03 bits per heavy atom. The van der Waals surface area contributed by atoms with Crippen LogP contribution in [0, 0.1) is 6.57 Å². The number of benzene rings is 2. The summed E-state index contributed by atoms with van der Waals surface area (Å²) in [6.45, 7) is 11.5. The first-order valence-corrected chi connectivity index (χ1v) is 11.7. The molecule has 5 heterocycles. The zero-order valence-electron chi connectivity index (χ0n) is 19.3. The number of hydrogen-bond donors (Lipinski definition) is 1. The lowest BCUT2D eigenvalue weighted by molar-refractivity contribution is 0.188. The molecule has 0 aliphatic carbocycles. The zero-order chi connectivity index (χ0) is 23.5. The van der Waals surface area contributed by atoms with Gasteiger partial charge < -0.3 is 18.9 Å². The molecule has 8 nitrogen and oxygen atoms in total. The van der Waals surface area contributed by atoms with Crippen molar-refractivity contribution in [3.05, 3.63) is 72.5 Å². The summed E-state index contributed by atoms with van der Waals surface area (Å²) in [5, 5.41) is 8.75. The quantitative estimate of drug-likeness (QED) is 0.389. The fraction of sp³-hybridized carbons (Fsp3) is 0.222. The van der Waals surface area contributed by atoms with Crippen LogP contribution in [0.4, 0.5) is 11.4 Å². The maximum absolute atomic E-state index is 7.75. The summed E-state index contributed by atoms with van der Waals surface area (Å²) in [6.07, 6.45) is 5.70. The summed E-state index contributed by atoms with van der Waals surface area (Å²) in [5.74, 6) is 0.906. The lowest BCUT2D eigenvalue weighted by Gasteiger charge is -2.44. The number of ether oxygens (including phenoxy) is 1. The minimum Gasteiger partial charge on any atom is -0.489 e. The average molecular weight is 462 g/mol. The first-order chi connectivity index (χ1) is 17.2. The Balaban J connectivity index is 1.32. The minimum atomic E-state index is 0.390. The lowest BCUT2D eigenvalue weighted by atomic mass is 9.99. The predicted molar refractivity (Wildman–Crippen MR) is 136 cm³/mol. The Morgan fingerprint density at radius 1 is 1.11 bits per heavy atom. The van der Waals surface area contributed by atoms with Gasteiger partial charge in [-0.1, -0.05) is 18.2 Å². The van der Waals surface area contributed by atoms with Gasteiger partial charge in [-0.3, -0.25) is 5.10 Å².